The number of carbonyl (C=O) groups is 1. The van der Waals surface area contributed by atoms with Gasteiger partial charge in [-0.05, 0) is 31.0 Å². The van der Waals surface area contributed by atoms with Crippen LogP contribution in [0.4, 0.5) is 17.6 Å². The van der Waals surface area contributed by atoms with E-state index >= 15 is 0 Å². The predicted octanol–water partition coefficient (Wildman–Crippen LogP) is 2.84. The van der Waals surface area contributed by atoms with Gasteiger partial charge in [-0.25, -0.2) is 4.39 Å². The van der Waals surface area contributed by atoms with Crippen LogP contribution in [0.3, 0.4) is 0 Å². The molecule has 0 heterocycles. The molecule has 1 aliphatic carbocycles. The molecule has 1 aliphatic rings. The van der Waals surface area contributed by atoms with Crippen LogP contribution in [0.1, 0.15) is 41.6 Å². The first-order valence-corrected chi connectivity index (χ1v) is 6.72. The maximum Gasteiger partial charge on any atom is 0.416 e. The van der Waals surface area contributed by atoms with Crippen LogP contribution >= 0.6 is 0 Å². The lowest BCUT2D eigenvalue weighted by Crippen LogP contribution is -2.49. The Hall–Kier alpha value is -1.63. The first kappa shape index (κ1) is 15.8. The van der Waals surface area contributed by atoms with Crippen molar-refractivity contribution in [3.63, 3.8) is 0 Å². The Morgan fingerprint density at radius 2 is 1.90 bits per heavy atom. The summed E-state index contributed by atoms with van der Waals surface area (Å²) in [6.07, 6.45) is -1.41. The smallest absolute Gasteiger partial charge is 0.348 e. The summed E-state index contributed by atoms with van der Waals surface area (Å²) in [5.74, 6) is -1.84. The number of benzene rings is 1. The molecule has 2 rings (SSSR count). The summed E-state index contributed by atoms with van der Waals surface area (Å²) in [4.78, 5) is 12.0. The quantitative estimate of drug-likeness (QED) is 0.826. The summed E-state index contributed by atoms with van der Waals surface area (Å²) in [5, 5.41) is 2.53. The third kappa shape index (κ3) is 3.72. The fourth-order valence-electron chi connectivity index (χ4n) is 2.46. The minimum Gasteiger partial charge on any atom is -0.348 e. The van der Waals surface area contributed by atoms with E-state index in [9.17, 15) is 22.4 Å². The molecule has 2 unspecified atom stereocenters. The van der Waals surface area contributed by atoms with Crippen LogP contribution in [0.15, 0.2) is 18.2 Å². The van der Waals surface area contributed by atoms with Gasteiger partial charge in [-0.2, -0.15) is 13.2 Å². The van der Waals surface area contributed by atoms with Gasteiger partial charge in [0, 0.05) is 12.1 Å². The molecule has 21 heavy (non-hydrogen) atoms. The van der Waals surface area contributed by atoms with E-state index in [0.29, 0.717) is 24.6 Å². The zero-order valence-corrected chi connectivity index (χ0v) is 11.2. The first-order valence-electron chi connectivity index (χ1n) is 6.72. The molecule has 1 amide bonds. The van der Waals surface area contributed by atoms with E-state index in [4.69, 9.17) is 5.73 Å². The zero-order valence-electron chi connectivity index (χ0n) is 11.2. The highest BCUT2D eigenvalue weighted by molar-refractivity contribution is 5.95. The molecule has 1 aromatic carbocycles. The molecule has 0 saturated heterocycles. The second-order valence-corrected chi connectivity index (χ2v) is 5.22. The van der Waals surface area contributed by atoms with Crippen molar-refractivity contribution in [1.29, 1.82) is 0 Å². The molecule has 3 nitrogen and oxygen atoms in total. The predicted molar refractivity (Wildman–Crippen MR) is 69.1 cm³/mol. The van der Waals surface area contributed by atoms with Crippen LogP contribution < -0.4 is 11.1 Å². The standard InChI is InChI=1S/C14H16F4N2O/c15-10-6-5-8(14(16,17)18)7-9(10)13(21)20-12-4-2-1-3-11(12)19/h5-7,11-12H,1-4,19H2,(H,20,21). The van der Waals surface area contributed by atoms with E-state index < -0.39 is 29.0 Å². The van der Waals surface area contributed by atoms with Crippen molar-refractivity contribution < 1.29 is 22.4 Å². The lowest BCUT2D eigenvalue weighted by atomic mass is 9.91. The van der Waals surface area contributed by atoms with Gasteiger partial charge in [-0.15, -0.1) is 0 Å². The average Bonchev–Trinajstić information content (AvgIpc) is 2.40. The zero-order chi connectivity index (χ0) is 15.6. The van der Waals surface area contributed by atoms with Gasteiger partial charge in [0.15, 0.2) is 0 Å². The van der Waals surface area contributed by atoms with Gasteiger partial charge in [-0.3, -0.25) is 4.79 Å². The number of hydrogen-bond donors (Lipinski definition) is 2. The highest BCUT2D eigenvalue weighted by atomic mass is 19.4. The lowest BCUT2D eigenvalue weighted by molar-refractivity contribution is -0.137. The minimum atomic E-state index is -4.62. The average molecular weight is 304 g/mol. The second-order valence-electron chi connectivity index (χ2n) is 5.22. The van der Waals surface area contributed by atoms with E-state index in [2.05, 4.69) is 5.32 Å². The van der Waals surface area contributed by atoms with Crippen LogP contribution in [-0.4, -0.2) is 18.0 Å². The van der Waals surface area contributed by atoms with Gasteiger partial charge >= 0.3 is 6.18 Å². The molecule has 3 N–H and O–H groups in total. The van der Waals surface area contributed by atoms with Crippen LogP contribution in [-0.2, 0) is 6.18 Å². The normalized spacial score (nSPS) is 22.9. The molecule has 0 aromatic heterocycles. The lowest BCUT2D eigenvalue weighted by Gasteiger charge is -2.29. The van der Waals surface area contributed by atoms with Gasteiger partial charge in [-0.1, -0.05) is 12.8 Å². The molecule has 1 saturated carbocycles. The van der Waals surface area contributed by atoms with Gasteiger partial charge in [0.25, 0.3) is 5.91 Å². The number of halogens is 4. The van der Waals surface area contributed by atoms with E-state index in [1.54, 1.807) is 0 Å². The van der Waals surface area contributed by atoms with Crippen LogP contribution in [0.2, 0.25) is 0 Å². The van der Waals surface area contributed by atoms with E-state index in [0.717, 1.165) is 19.3 Å². The van der Waals surface area contributed by atoms with E-state index in [1.807, 2.05) is 0 Å². The van der Waals surface area contributed by atoms with Crippen LogP contribution in [0.25, 0.3) is 0 Å². The molecule has 2 atom stereocenters. The maximum absolute atomic E-state index is 13.6. The third-order valence-electron chi connectivity index (χ3n) is 3.67. The Kier molecular flexibility index (Phi) is 4.51. The van der Waals surface area contributed by atoms with E-state index in [1.165, 1.54) is 0 Å². The Labute approximate surface area is 119 Å². The van der Waals surface area contributed by atoms with Crippen molar-refractivity contribution in [2.24, 2.45) is 5.73 Å². The van der Waals surface area contributed by atoms with Crippen LogP contribution in [0, 0.1) is 5.82 Å². The summed E-state index contributed by atoms with van der Waals surface area (Å²) in [6, 6.07) is 1.20. The molecule has 0 bridgehead atoms. The van der Waals surface area contributed by atoms with E-state index in [-0.39, 0.29) is 12.1 Å². The number of carbonyl (C=O) groups excluding carboxylic acids is 1. The number of amides is 1. The molecule has 1 fully saturated rings. The molecular weight excluding hydrogens is 288 g/mol. The van der Waals surface area contributed by atoms with Crippen molar-refractivity contribution in [2.75, 3.05) is 0 Å². The molecule has 0 spiro atoms. The first-order chi connectivity index (χ1) is 9.79. The number of hydrogen-bond acceptors (Lipinski definition) is 2. The Morgan fingerprint density at radius 3 is 2.52 bits per heavy atom. The molecule has 7 heteroatoms. The van der Waals surface area contributed by atoms with Crippen molar-refractivity contribution in [2.45, 2.75) is 43.9 Å². The highest BCUT2D eigenvalue weighted by Gasteiger charge is 2.32. The second kappa shape index (κ2) is 6.01. The van der Waals surface area contributed by atoms with Crippen molar-refractivity contribution in [3.8, 4) is 0 Å². The molecular formula is C14H16F4N2O. The Balaban J connectivity index is 2.18. The number of nitrogens with two attached hydrogens (primary N) is 1. The molecule has 0 aliphatic heterocycles. The summed E-state index contributed by atoms with van der Waals surface area (Å²) < 4.78 is 51.4. The number of nitrogens with one attached hydrogen (secondary N) is 1. The van der Waals surface area contributed by atoms with Crippen molar-refractivity contribution in [3.05, 3.63) is 35.1 Å². The minimum absolute atomic E-state index is 0.253. The number of alkyl halides is 3. The van der Waals surface area contributed by atoms with Gasteiger partial charge < -0.3 is 11.1 Å². The van der Waals surface area contributed by atoms with Gasteiger partial charge in [0.1, 0.15) is 5.82 Å². The monoisotopic (exact) mass is 304 g/mol. The summed E-state index contributed by atoms with van der Waals surface area (Å²) in [7, 11) is 0. The van der Waals surface area contributed by atoms with Crippen molar-refractivity contribution >= 4 is 5.91 Å². The summed E-state index contributed by atoms with van der Waals surface area (Å²) in [6.45, 7) is 0. The molecule has 116 valence electrons. The summed E-state index contributed by atoms with van der Waals surface area (Å²) >= 11 is 0. The third-order valence-corrected chi connectivity index (χ3v) is 3.67. The Bertz CT molecular complexity index is 530. The van der Waals surface area contributed by atoms with Gasteiger partial charge in [0.2, 0.25) is 0 Å². The van der Waals surface area contributed by atoms with Crippen molar-refractivity contribution in [1.82, 2.24) is 5.32 Å². The fourth-order valence-corrected chi connectivity index (χ4v) is 2.46. The number of rotatable bonds is 2. The topological polar surface area (TPSA) is 55.1 Å². The highest BCUT2D eigenvalue weighted by Crippen LogP contribution is 2.30. The Morgan fingerprint density at radius 1 is 1.24 bits per heavy atom. The molecule has 1 aromatic rings. The van der Waals surface area contributed by atoms with Gasteiger partial charge in [0.05, 0.1) is 11.1 Å². The van der Waals surface area contributed by atoms with Crippen LogP contribution in [0.5, 0.6) is 0 Å². The maximum atomic E-state index is 13.6. The largest absolute Gasteiger partial charge is 0.416 e. The fraction of sp³-hybridized carbons (Fsp3) is 0.500. The molecule has 0 radical (unpaired) electrons. The summed E-state index contributed by atoms with van der Waals surface area (Å²) in [5.41, 5.74) is 4.19. The SMILES string of the molecule is NC1CCCCC1NC(=O)c1cc(C(F)(F)F)ccc1F.